The number of nitrogens with zero attached hydrogens (tertiary/aromatic N) is 1. The third kappa shape index (κ3) is 4.04. The molecule has 0 aliphatic heterocycles. The maximum atomic E-state index is 10.5. The molecule has 0 aliphatic carbocycles. The lowest BCUT2D eigenvalue weighted by molar-refractivity contribution is -0.380. The standard InChI is InChI=1S/C10H16N2O4S/c1-7(10(15-2)16-3)11-6-8-4-5-9(17-8)12(13)14/h4-5,7,10-11H,6H2,1-3H3. The summed E-state index contributed by atoms with van der Waals surface area (Å²) in [6, 6.07) is 3.26. The van der Waals surface area contributed by atoms with Gasteiger partial charge in [0.05, 0.1) is 11.0 Å². The number of methoxy groups -OCH3 is 2. The van der Waals surface area contributed by atoms with Gasteiger partial charge in [-0.15, -0.1) is 0 Å². The number of nitro groups is 1. The first-order valence-corrected chi connectivity index (χ1v) is 5.92. The van der Waals surface area contributed by atoms with Crippen LogP contribution in [0, 0.1) is 10.1 Å². The zero-order valence-electron chi connectivity index (χ0n) is 10.0. The first kappa shape index (κ1) is 14.0. The Balaban J connectivity index is 2.46. The number of thiophene rings is 1. The fourth-order valence-corrected chi connectivity index (χ4v) is 2.19. The molecule has 7 heteroatoms. The highest BCUT2D eigenvalue weighted by Crippen LogP contribution is 2.23. The van der Waals surface area contributed by atoms with E-state index in [2.05, 4.69) is 5.32 Å². The Morgan fingerprint density at radius 3 is 2.59 bits per heavy atom. The van der Waals surface area contributed by atoms with Crippen LogP contribution in [0.3, 0.4) is 0 Å². The van der Waals surface area contributed by atoms with Crippen LogP contribution in [0.15, 0.2) is 12.1 Å². The largest absolute Gasteiger partial charge is 0.354 e. The van der Waals surface area contributed by atoms with Gasteiger partial charge in [-0.2, -0.15) is 0 Å². The van der Waals surface area contributed by atoms with E-state index in [1.807, 2.05) is 6.92 Å². The van der Waals surface area contributed by atoms with Crippen molar-refractivity contribution in [1.29, 1.82) is 0 Å². The number of hydrogen-bond donors (Lipinski definition) is 1. The van der Waals surface area contributed by atoms with E-state index >= 15 is 0 Å². The average molecular weight is 260 g/mol. The second-order valence-corrected chi connectivity index (χ2v) is 4.65. The van der Waals surface area contributed by atoms with Crippen LogP contribution in [0.25, 0.3) is 0 Å². The van der Waals surface area contributed by atoms with E-state index in [-0.39, 0.29) is 22.3 Å². The van der Waals surface area contributed by atoms with Gasteiger partial charge in [0, 0.05) is 31.7 Å². The highest BCUT2D eigenvalue weighted by atomic mass is 32.1. The van der Waals surface area contributed by atoms with Gasteiger partial charge in [-0.25, -0.2) is 0 Å². The van der Waals surface area contributed by atoms with Crippen molar-refractivity contribution in [1.82, 2.24) is 5.32 Å². The number of rotatable bonds is 7. The van der Waals surface area contributed by atoms with E-state index < -0.39 is 0 Å². The monoisotopic (exact) mass is 260 g/mol. The first-order chi connectivity index (χ1) is 8.08. The van der Waals surface area contributed by atoms with Crippen molar-refractivity contribution in [2.75, 3.05) is 14.2 Å². The zero-order valence-corrected chi connectivity index (χ0v) is 10.8. The summed E-state index contributed by atoms with van der Waals surface area (Å²) in [7, 11) is 3.14. The Kier molecular flexibility index (Phi) is 5.49. The van der Waals surface area contributed by atoms with Crippen LogP contribution < -0.4 is 5.32 Å². The summed E-state index contributed by atoms with van der Waals surface area (Å²) in [5.74, 6) is 0. The summed E-state index contributed by atoms with van der Waals surface area (Å²) >= 11 is 1.17. The molecule has 96 valence electrons. The zero-order chi connectivity index (χ0) is 12.8. The fourth-order valence-electron chi connectivity index (χ4n) is 1.42. The SMILES string of the molecule is COC(OC)C(C)NCc1ccc([N+](=O)[O-])s1. The molecule has 1 unspecified atom stereocenters. The summed E-state index contributed by atoms with van der Waals surface area (Å²) in [6.45, 7) is 2.49. The quantitative estimate of drug-likeness (QED) is 0.459. The minimum Gasteiger partial charge on any atom is -0.354 e. The van der Waals surface area contributed by atoms with Gasteiger partial charge in [0.2, 0.25) is 0 Å². The lowest BCUT2D eigenvalue weighted by Crippen LogP contribution is -2.39. The second kappa shape index (κ2) is 6.65. The summed E-state index contributed by atoms with van der Waals surface area (Å²) in [5, 5.41) is 13.9. The lowest BCUT2D eigenvalue weighted by Gasteiger charge is -2.21. The fraction of sp³-hybridized carbons (Fsp3) is 0.600. The molecule has 0 aromatic carbocycles. The van der Waals surface area contributed by atoms with Crippen molar-refractivity contribution in [2.24, 2.45) is 0 Å². The molecule has 1 aromatic heterocycles. The predicted molar refractivity (Wildman–Crippen MR) is 65.1 cm³/mol. The minimum atomic E-state index is -0.384. The first-order valence-electron chi connectivity index (χ1n) is 5.10. The van der Waals surface area contributed by atoms with E-state index in [4.69, 9.17) is 9.47 Å². The van der Waals surface area contributed by atoms with Crippen LogP contribution in [0.4, 0.5) is 5.00 Å². The second-order valence-electron chi connectivity index (χ2n) is 3.51. The number of nitrogens with one attached hydrogen (secondary N) is 1. The van der Waals surface area contributed by atoms with Crippen LogP contribution in [0.2, 0.25) is 0 Å². The Morgan fingerprint density at radius 1 is 1.47 bits per heavy atom. The van der Waals surface area contributed by atoms with Crippen LogP contribution >= 0.6 is 11.3 Å². The molecule has 17 heavy (non-hydrogen) atoms. The van der Waals surface area contributed by atoms with E-state index in [0.29, 0.717) is 6.54 Å². The third-order valence-electron chi connectivity index (χ3n) is 2.30. The van der Waals surface area contributed by atoms with Crippen molar-refractivity contribution in [2.45, 2.75) is 25.8 Å². The molecular weight excluding hydrogens is 244 g/mol. The van der Waals surface area contributed by atoms with E-state index in [1.165, 1.54) is 17.4 Å². The van der Waals surface area contributed by atoms with E-state index in [9.17, 15) is 10.1 Å². The van der Waals surface area contributed by atoms with Crippen LogP contribution in [-0.4, -0.2) is 31.5 Å². The Morgan fingerprint density at radius 2 is 2.12 bits per heavy atom. The number of ether oxygens (including phenoxy) is 2. The molecule has 0 radical (unpaired) electrons. The molecule has 1 aromatic rings. The Hall–Kier alpha value is -1.02. The molecule has 0 bridgehead atoms. The molecule has 6 nitrogen and oxygen atoms in total. The molecule has 0 aliphatic rings. The van der Waals surface area contributed by atoms with Crippen LogP contribution in [0.5, 0.6) is 0 Å². The van der Waals surface area contributed by atoms with Gasteiger partial charge in [0.15, 0.2) is 6.29 Å². The normalized spacial score (nSPS) is 12.9. The molecule has 1 rings (SSSR count). The summed E-state index contributed by atoms with van der Waals surface area (Å²) < 4.78 is 10.2. The Labute approximate surface area is 104 Å². The molecule has 0 saturated carbocycles. The molecule has 0 fully saturated rings. The molecular formula is C10H16N2O4S. The number of hydrogen-bond acceptors (Lipinski definition) is 6. The highest BCUT2D eigenvalue weighted by Gasteiger charge is 2.16. The van der Waals surface area contributed by atoms with Crippen molar-refractivity contribution in [3.05, 3.63) is 27.1 Å². The smallest absolute Gasteiger partial charge is 0.324 e. The van der Waals surface area contributed by atoms with Gasteiger partial charge >= 0.3 is 5.00 Å². The van der Waals surface area contributed by atoms with Crippen molar-refractivity contribution < 1.29 is 14.4 Å². The van der Waals surface area contributed by atoms with Crippen LogP contribution in [0.1, 0.15) is 11.8 Å². The van der Waals surface area contributed by atoms with Gasteiger partial charge in [-0.1, -0.05) is 11.3 Å². The van der Waals surface area contributed by atoms with Crippen molar-refractivity contribution in [3.8, 4) is 0 Å². The molecule has 1 atom stereocenters. The van der Waals surface area contributed by atoms with Crippen molar-refractivity contribution >= 4 is 16.3 Å². The summed E-state index contributed by atoms with van der Waals surface area (Å²) in [6.07, 6.45) is -0.329. The van der Waals surface area contributed by atoms with Gasteiger partial charge in [-0.3, -0.25) is 10.1 Å². The lowest BCUT2D eigenvalue weighted by atomic mass is 10.3. The van der Waals surface area contributed by atoms with Gasteiger partial charge < -0.3 is 14.8 Å². The molecule has 0 saturated heterocycles. The topological polar surface area (TPSA) is 73.6 Å². The molecule has 1 N–H and O–H groups in total. The summed E-state index contributed by atoms with van der Waals surface area (Å²) in [5.41, 5.74) is 0. The van der Waals surface area contributed by atoms with Crippen LogP contribution in [-0.2, 0) is 16.0 Å². The van der Waals surface area contributed by atoms with Gasteiger partial charge in [0.1, 0.15) is 0 Å². The highest BCUT2D eigenvalue weighted by molar-refractivity contribution is 7.15. The van der Waals surface area contributed by atoms with Crippen molar-refractivity contribution in [3.63, 3.8) is 0 Å². The summed E-state index contributed by atoms with van der Waals surface area (Å²) in [4.78, 5) is 11.0. The van der Waals surface area contributed by atoms with E-state index in [0.717, 1.165) is 4.88 Å². The molecule has 1 heterocycles. The minimum absolute atomic E-state index is 0.00570. The Bertz CT molecular complexity index is 365. The maximum absolute atomic E-state index is 10.5. The van der Waals surface area contributed by atoms with Gasteiger partial charge in [0.25, 0.3) is 0 Å². The average Bonchev–Trinajstić information content (AvgIpc) is 2.76. The van der Waals surface area contributed by atoms with Gasteiger partial charge in [-0.05, 0) is 13.0 Å². The van der Waals surface area contributed by atoms with E-state index in [1.54, 1.807) is 20.3 Å². The maximum Gasteiger partial charge on any atom is 0.324 e. The molecule has 0 amide bonds. The predicted octanol–water partition coefficient (Wildman–Crippen LogP) is 1.75. The molecule has 0 spiro atoms. The third-order valence-corrected chi connectivity index (χ3v) is 3.34.